The van der Waals surface area contributed by atoms with E-state index in [1.165, 1.54) is 12.1 Å². The van der Waals surface area contributed by atoms with Crippen LogP contribution in [-0.4, -0.2) is 60.4 Å². The molecule has 0 bridgehead atoms. The highest BCUT2D eigenvalue weighted by Crippen LogP contribution is 2.36. The van der Waals surface area contributed by atoms with Gasteiger partial charge in [0.05, 0.1) is 16.6 Å². The molecule has 6 aromatic rings. The van der Waals surface area contributed by atoms with Crippen LogP contribution in [0.2, 0.25) is 0 Å². The van der Waals surface area contributed by atoms with Crippen molar-refractivity contribution in [2.75, 3.05) is 23.7 Å². The Morgan fingerprint density at radius 3 is 1.53 bits per heavy atom. The van der Waals surface area contributed by atoms with Gasteiger partial charge in [-0.1, -0.05) is 42.5 Å². The molecule has 0 saturated carbocycles. The van der Waals surface area contributed by atoms with Gasteiger partial charge in [-0.25, -0.2) is 19.9 Å². The molecule has 0 saturated heterocycles. The molecule has 2 aromatic heterocycles. The van der Waals surface area contributed by atoms with E-state index >= 15 is 0 Å². The van der Waals surface area contributed by atoms with Crippen molar-refractivity contribution in [2.24, 2.45) is 11.5 Å². The number of anilines is 2. The van der Waals surface area contributed by atoms with Crippen LogP contribution in [0.5, 0.6) is 17.2 Å². The van der Waals surface area contributed by atoms with Crippen LogP contribution in [0.4, 0.5) is 11.6 Å². The maximum atomic E-state index is 10.0. The normalized spacial score (nSPS) is 12.3. The first-order chi connectivity index (χ1) is 21.7. The fraction of sp³-hybridized carbons (Fsp3) is 0.176. The Kier molecular flexibility index (Phi) is 9.51. The Balaban J connectivity index is 0.000000178. The minimum atomic E-state index is -0.0709. The lowest BCUT2D eigenvalue weighted by Crippen LogP contribution is -2.25. The van der Waals surface area contributed by atoms with Crippen LogP contribution in [-0.2, 0) is 0 Å². The highest BCUT2D eigenvalue weighted by atomic mass is 16.3. The number of fused-ring (bicyclic) bond motifs is 2. The first kappa shape index (κ1) is 30.9. The van der Waals surface area contributed by atoms with Crippen molar-refractivity contribution in [3.8, 4) is 40.0 Å². The Morgan fingerprint density at radius 1 is 0.556 bits per heavy atom. The highest BCUT2D eigenvalue weighted by Gasteiger charge is 2.16. The predicted molar refractivity (Wildman–Crippen MR) is 179 cm³/mol. The number of phenols is 3. The van der Waals surface area contributed by atoms with E-state index in [0.29, 0.717) is 35.8 Å². The van der Waals surface area contributed by atoms with Crippen LogP contribution >= 0.6 is 0 Å². The van der Waals surface area contributed by atoms with Gasteiger partial charge in [0, 0.05) is 35.9 Å². The minimum absolute atomic E-state index is 0.0160. The van der Waals surface area contributed by atoms with Crippen LogP contribution < -0.4 is 22.1 Å². The molecule has 2 atom stereocenters. The number of nitrogens with one attached hydrogen (secondary N) is 2. The van der Waals surface area contributed by atoms with E-state index in [-0.39, 0.29) is 40.7 Å². The summed E-state index contributed by atoms with van der Waals surface area (Å²) in [6.45, 7) is 4.99. The van der Waals surface area contributed by atoms with E-state index in [0.717, 1.165) is 22.1 Å². The minimum Gasteiger partial charge on any atom is -0.507 e. The summed E-state index contributed by atoms with van der Waals surface area (Å²) in [6.07, 6.45) is 0. The molecule has 2 heterocycles. The third kappa shape index (κ3) is 7.35. The zero-order chi connectivity index (χ0) is 31.9. The van der Waals surface area contributed by atoms with Gasteiger partial charge in [-0.15, -0.1) is 0 Å². The van der Waals surface area contributed by atoms with Gasteiger partial charge in [0.15, 0.2) is 11.6 Å². The van der Waals surface area contributed by atoms with Crippen LogP contribution in [0.25, 0.3) is 44.6 Å². The molecule has 0 radical (unpaired) electrons. The number of hydrogen-bond acceptors (Lipinski definition) is 11. The zero-order valence-corrected chi connectivity index (χ0v) is 25.0. The number of benzene rings is 4. The highest BCUT2D eigenvalue weighted by molar-refractivity contribution is 5.92. The summed E-state index contributed by atoms with van der Waals surface area (Å²) in [7, 11) is 0. The van der Waals surface area contributed by atoms with E-state index in [1.54, 1.807) is 24.3 Å². The topological polar surface area (TPSA) is 188 Å². The monoisotopic (exact) mass is 604 g/mol. The van der Waals surface area contributed by atoms with Gasteiger partial charge in [0.25, 0.3) is 0 Å². The molecule has 230 valence electrons. The van der Waals surface area contributed by atoms with Crippen LogP contribution in [0.1, 0.15) is 13.8 Å². The van der Waals surface area contributed by atoms with E-state index in [2.05, 4.69) is 30.6 Å². The number of hydrogen-bond donors (Lipinski definition) is 7. The number of nitrogens with two attached hydrogens (primary N) is 2. The molecule has 11 heteroatoms. The van der Waals surface area contributed by atoms with Crippen molar-refractivity contribution in [3.05, 3.63) is 91.0 Å². The smallest absolute Gasteiger partial charge is 0.169 e. The first-order valence-electron chi connectivity index (χ1n) is 14.5. The number of para-hydroxylation sites is 3. The van der Waals surface area contributed by atoms with E-state index < -0.39 is 0 Å². The summed E-state index contributed by atoms with van der Waals surface area (Å²) in [5, 5.41) is 38.4. The number of aromatic nitrogens is 4. The maximum absolute atomic E-state index is 10.0. The lowest BCUT2D eigenvalue weighted by molar-refractivity contribution is 0.453. The average Bonchev–Trinajstić information content (AvgIpc) is 3.02. The van der Waals surface area contributed by atoms with Crippen molar-refractivity contribution in [3.63, 3.8) is 0 Å². The molecule has 4 aromatic carbocycles. The summed E-state index contributed by atoms with van der Waals surface area (Å²) in [6, 6.07) is 26.9. The maximum Gasteiger partial charge on any atom is 0.169 e. The number of nitrogens with zero attached hydrogens (tertiary/aromatic N) is 4. The number of rotatable bonds is 8. The molecule has 0 spiro atoms. The Hall–Kier alpha value is -5.52. The van der Waals surface area contributed by atoms with Gasteiger partial charge in [-0.3, -0.25) is 0 Å². The summed E-state index contributed by atoms with van der Waals surface area (Å²) in [4.78, 5) is 18.0. The van der Waals surface area contributed by atoms with Gasteiger partial charge >= 0.3 is 0 Å². The van der Waals surface area contributed by atoms with Crippen molar-refractivity contribution in [1.29, 1.82) is 0 Å². The standard InChI is InChI=1S/C17H18N4O2.C17H18N4O/c1-10(18)9-19-16-11-5-2-3-6-12(11)20-17(21-16)15-13(22)7-4-8-14(15)23;1-11(18)10-19-16-12-6-2-4-8-14(12)20-17(21-16)13-7-3-5-9-15(13)22/h2-8,10,22-23H,9,18H2,1H3,(H,19,20,21);2-9,11,22H,10,18H2,1H3,(H,19,20,21)/t10-;11-/m11/s1. The van der Waals surface area contributed by atoms with Crippen LogP contribution in [0, 0.1) is 0 Å². The fourth-order valence-corrected chi connectivity index (χ4v) is 4.59. The molecule has 6 rings (SSSR count). The zero-order valence-electron chi connectivity index (χ0n) is 25.0. The van der Waals surface area contributed by atoms with Crippen LogP contribution in [0.15, 0.2) is 91.0 Å². The summed E-state index contributed by atoms with van der Waals surface area (Å²) in [5.41, 5.74) is 14.0. The van der Waals surface area contributed by atoms with Gasteiger partial charge in [-0.05, 0) is 62.4 Å². The molecule has 0 amide bonds. The summed E-state index contributed by atoms with van der Waals surface area (Å²) in [5.74, 6) is 2.11. The molecule has 0 fully saturated rings. The van der Waals surface area contributed by atoms with Crippen molar-refractivity contribution < 1.29 is 15.3 Å². The van der Waals surface area contributed by atoms with E-state index in [4.69, 9.17) is 11.5 Å². The largest absolute Gasteiger partial charge is 0.507 e. The first-order valence-corrected chi connectivity index (χ1v) is 14.5. The van der Waals surface area contributed by atoms with Crippen molar-refractivity contribution >= 4 is 33.4 Å². The Morgan fingerprint density at radius 2 is 1.00 bits per heavy atom. The molecule has 0 aliphatic heterocycles. The van der Waals surface area contributed by atoms with E-state index in [9.17, 15) is 15.3 Å². The number of phenolic OH excluding ortho intramolecular Hbond substituents is 3. The Labute approximate surface area is 260 Å². The summed E-state index contributed by atoms with van der Waals surface area (Å²) < 4.78 is 0. The predicted octanol–water partition coefficient (Wildman–Crippen LogP) is 5.23. The molecular formula is C34H36N8O3. The second kappa shape index (κ2) is 13.8. The third-order valence-corrected chi connectivity index (χ3v) is 6.78. The van der Waals surface area contributed by atoms with Crippen molar-refractivity contribution in [1.82, 2.24) is 19.9 Å². The van der Waals surface area contributed by atoms with E-state index in [1.807, 2.05) is 68.4 Å². The second-order valence-electron chi connectivity index (χ2n) is 10.7. The molecule has 0 aliphatic carbocycles. The van der Waals surface area contributed by atoms with Gasteiger partial charge in [0.1, 0.15) is 34.4 Å². The van der Waals surface area contributed by atoms with Gasteiger partial charge < -0.3 is 37.4 Å². The molecule has 9 N–H and O–H groups in total. The Bertz CT molecular complexity index is 1910. The van der Waals surface area contributed by atoms with Crippen molar-refractivity contribution in [2.45, 2.75) is 25.9 Å². The molecule has 45 heavy (non-hydrogen) atoms. The molecule has 0 unspecified atom stereocenters. The summed E-state index contributed by atoms with van der Waals surface area (Å²) >= 11 is 0. The lowest BCUT2D eigenvalue weighted by atomic mass is 10.1. The van der Waals surface area contributed by atoms with Gasteiger partial charge in [-0.2, -0.15) is 0 Å². The third-order valence-electron chi connectivity index (χ3n) is 6.78. The second-order valence-corrected chi connectivity index (χ2v) is 10.7. The lowest BCUT2D eigenvalue weighted by Gasteiger charge is -2.13. The average molecular weight is 605 g/mol. The quantitative estimate of drug-likeness (QED) is 0.120. The SMILES string of the molecule is C[C@@H](N)CNc1nc(-c2c(O)cccc2O)nc2ccccc12.C[C@@H](N)CNc1nc(-c2ccccc2O)nc2ccccc12. The number of aromatic hydroxyl groups is 3. The molecular weight excluding hydrogens is 568 g/mol. The van der Waals surface area contributed by atoms with Gasteiger partial charge in [0.2, 0.25) is 0 Å². The fourth-order valence-electron chi connectivity index (χ4n) is 4.59. The molecule has 11 nitrogen and oxygen atoms in total. The van der Waals surface area contributed by atoms with Crippen LogP contribution in [0.3, 0.4) is 0 Å². The molecule has 0 aliphatic rings.